The predicted molar refractivity (Wildman–Crippen MR) is 45.0 cm³/mol. The van der Waals surface area contributed by atoms with E-state index in [4.69, 9.17) is 0 Å². The van der Waals surface area contributed by atoms with Crippen LogP contribution in [0.5, 0.6) is 0 Å². The van der Waals surface area contributed by atoms with Gasteiger partial charge in [0.05, 0.1) is 0 Å². The highest BCUT2D eigenvalue weighted by Gasteiger charge is 2.10. The van der Waals surface area contributed by atoms with Gasteiger partial charge in [-0.3, -0.25) is 0 Å². The third-order valence-electron chi connectivity index (χ3n) is 1.76. The molecule has 1 heterocycles. The van der Waals surface area contributed by atoms with Crippen molar-refractivity contribution < 1.29 is 4.80 Å². The van der Waals surface area contributed by atoms with Crippen molar-refractivity contribution in [3.63, 3.8) is 0 Å². The van der Waals surface area contributed by atoms with Gasteiger partial charge in [-0.2, -0.15) is 0 Å². The molecular weight excluding hydrogens is 166 g/mol. The molecule has 5 nitrogen and oxygen atoms in total. The molecule has 2 rings (SSSR count). The van der Waals surface area contributed by atoms with Crippen LogP contribution in [0.2, 0.25) is 0 Å². The highest BCUT2D eigenvalue weighted by Crippen LogP contribution is 1.99. The Morgan fingerprint density at radius 1 is 1.31 bits per heavy atom. The second-order valence-electron chi connectivity index (χ2n) is 2.58. The fraction of sp³-hybridized carbons (Fsp3) is 0.250. The van der Waals surface area contributed by atoms with E-state index in [2.05, 4.69) is 15.6 Å². The summed E-state index contributed by atoms with van der Waals surface area (Å²) in [5, 5.41) is 11.3. The predicted octanol–water partition coefficient (Wildman–Crippen LogP) is -0.0303. The van der Waals surface area contributed by atoms with Gasteiger partial charge in [-0.1, -0.05) is 23.0 Å². The number of para-hydroxylation sites is 1. The molecule has 0 aliphatic carbocycles. The number of hydrogen-bond acceptors (Lipinski definition) is 3. The van der Waals surface area contributed by atoms with E-state index < -0.39 is 0 Å². The van der Waals surface area contributed by atoms with E-state index >= 15 is 0 Å². The molecule has 0 spiro atoms. The summed E-state index contributed by atoms with van der Waals surface area (Å²) in [4.78, 5) is 3.36. The van der Waals surface area contributed by atoms with E-state index in [0.717, 1.165) is 12.2 Å². The van der Waals surface area contributed by atoms with Gasteiger partial charge < -0.3 is 0 Å². The molecule has 0 unspecified atom stereocenters. The Balaban J connectivity index is 2.47. The molecule has 1 aromatic heterocycles. The van der Waals surface area contributed by atoms with Crippen LogP contribution >= 0.6 is 0 Å². The van der Waals surface area contributed by atoms with E-state index in [9.17, 15) is 0 Å². The zero-order valence-corrected chi connectivity index (χ0v) is 7.33. The summed E-state index contributed by atoms with van der Waals surface area (Å²) < 4.78 is 0. The monoisotopic (exact) mass is 176 g/mol. The molecule has 1 aromatic carbocycles. The highest BCUT2D eigenvalue weighted by atomic mass is 15.8. The topological polar surface area (TPSA) is 47.5 Å². The summed E-state index contributed by atoms with van der Waals surface area (Å²) in [6, 6.07) is 9.79. The number of nitrogens with zero attached hydrogens (tertiary/aromatic N) is 5. The summed E-state index contributed by atoms with van der Waals surface area (Å²) in [5.41, 5.74) is 0.967. The Morgan fingerprint density at radius 2 is 2.08 bits per heavy atom. The lowest BCUT2D eigenvalue weighted by Crippen LogP contribution is -2.44. The summed E-state index contributed by atoms with van der Waals surface area (Å²) >= 11 is 0. The lowest BCUT2D eigenvalue weighted by molar-refractivity contribution is -0.820. The van der Waals surface area contributed by atoms with Crippen molar-refractivity contribution in [1.82, 2.24) is 20.4 Å². The average molecular weight is 176 g/mol. The summed E-state index contributed by atoms with van der Waals surface area (Å²) in [5.74, 6) is 0. The lowest BCUT2D eigenvalue weighted by atomic mass is 10.3. The molecule has 5 heteroatoms. The largest absolute Gasteiger partial charge is 0.231 e. The Kier molecular flexibility index (Phi) is 1.99. The van der Waals surface area contributed by atoms with Crippen molar-refractivity contribution in [3.05, 3.63) is 30.3 Å². The smallest absolute Gasteiger partial charge is 0.0621 e. The Hall–Kier alpha value is -1.78. The average Bonchev–Trinajstić information content (AvgIpc) is 2.67. The first-order chi connectivity index (χ1) is 6.42. The van der Waals surface area contributed by atoms with Crippen molar-refractivity contribution >= 4 is 0 Å². The molecule has 0 aliphatic heterocycles. The fourth-order valence-corrected chi connectivity index (χ4v) is 1.13. The van der Waals surface area contributed by atoms with Crippen molar-refractivity contribution in [2.24, 2.45) is 0 Å². The fourth-order valence-electron chi connectivity index (χ4n) is 1.13. The normalized spacial score (nSPS) is 10.2. The maximum absolute atomic E-state index is 3.88. The van der Waals surface area contributed by atoms with E-state index in [1.165, 1.54) is 0 Å². The van der Waals surface area contributed by atoms with Gasteiger partial charge in [0.15, 0.2) is 0 Å². The minimum absolute atomic E-state index is 0.752. The second-order valence-corrected chi connectivity index (χ2v) is 2.58. The minimum atomic E-state index is 0.752. The van der Waals surface area contributed by atoms with Crippen LogP contribution in [-0.2, 0) is 6.54 Å². The zero-order valence-electron chi connectivity index (χ0n) is 7.33. The zero-order chi connectivity index (χ0) is 9.10. The van der Waals surface area contributed by atoms with Gasteiger partial charge in [0, 0.05) is 0 Å². The van der Waals surface area contributed by atoms with Crippen LogP contribution in [0, 0.1) is 0 Å². The van der Waals surface area contributed by atoms with E-state index in [0.29, 0.717) is 0 Å². The molecule has 0 saturated heterocycles. The first kappa shape index (κ1) is 7.85. The van der Waals surface area contributed by atoms with Crippen molar-refractivity contribution in [1.29, 1.82) is 0 Å². The van der Waals surface area contributed by atoms with E-state index in [-0.39, 0.29) is 0 Å². The van der Waals surface area contributed by atoms with Crippen LogP contribution < -0.4 is 4.80 Å². The van der Waals surface area contributed by atoms with Crippen molar-refractivity contribution in [2.45, 2.75) is 13.5 Å². The maximum atomic E-state index is 3.88. The van der Waals surface area contributed by atoms with Crippen LogP contribution in [0.1, 0.15) is 6.92 Å². The standard InChI is InChI=1S/C8H10N5/c1-2-12-10-9-11-13(12)8-6-4-3-5-7-8/h3-7H,2H2,1H3/q+1. The third kappa shape index (κ3) is 1.40. The van der Waals surface area contributed by atoms with Gasteiger partial charge in [0.1, 0.15) is 17.4 Å². The van der Waals surface area contributed by atoms with Gasteiger partial charge in [-0.05, 0) is 23.9 Å². The van der Waals surface area contributed by atoms with Gasteiger partial charge in [0.2, 0.25) is 10.4 Å². The first-order valence-electron chi connectivity index (χ1n) is 4.16. The van der Waals surface area contributed by atoms with Crippen molar-refractivity contribution in [2.75, 3.05) is 0 Å². The van der Waals surface area contributed by atoms with Crippen LogP contribution in [0.4, 0.5) is 0 Å². The molecule has 0 amide bonds. The van der Waals surface area contributed by atoms with Crippen LogP contribution in [0.15, 0.2) is 30.3 Å². The number of hydrogen-bond donors (Lipinski definition) is 0. The first-order valence-corrected chi connectivity index (χ1v) is 4.16. The lowest BCUT2D eigenvalue weighted by Gasteiger charge is -1.95. The van der Waals surface area contributed by atoms with Crippen molar-refractivity contribution in [3.8, 4) is 5.69 Å². The van der Waals surface area contributed by atoms with Gasteiger partial charge in [0.25, 0.3) is 0 Å². The van der Waals surface area contributed by atoms with E-state index in [1.807, 2.05) is 37.3 Å². The molecule has 0 N–H and O–H groups in total. The van der Waals surface area contributed by atoms with Gasteiger partial charge in [-0.25, -0.2) is 0 Å². The SMILES string of the molecule is CC[n+]1nnnn1-c1ccccc1. The Bertz CT molecular complexity index is 380. The number of rotatable bonds is 2. The molecule has 13 heavy (non-hydrogen) atoms. The molecule has 0 saturated carbocycles. The molecule has 0 aliphatic rings. The number of aryl methyl sites for hydroxylation is 1. The molecule has 0 fully saturated rings. The third-order valence-corrected chi connectivity index (χ3v) is 1.76. The summed E-state index contributed by atoms with van der Waals surface area (Å²) in [6.45, 7) is 2.75. The Labute approximate surface area is 75.6 Å². The maximum Gasteiger partial charge on any atom is 0.231 e. The second kappa shape index (κ2) is 3.30. The molecule has 0 atom stereocenters. The van der Waals surface area contributed by atoms with Crippen LogP contribution in [0.25, 0.3) is 5.69 Å². The summed E-state index contributed by atoms with van der Waals surface area (Å²) in [6.07, 6.45) is 0. The molecular formula is C8H10N5+. The van der Waals surface area contributed by atoms with Gasteiger partial charge >= 0.3 is 0 Å². The van der Waals surface area contributed by atoms with Crippen LogP contribution in [0.3, 0.4) is 0 Å². The van der Waals surface area contributed by atoms with Crippen LogP contribution in [-0.4, -0.2) is 20.4 Å². The summed E-state index contributed by atoms with van der Waals surface area (Å²) in [7, 11) is 0. The Morgan fingerprint density at radius 3 is 2.77 bits per heavy atom. The highest BCUT2D eigenvalue weighted by molar-refractivity contribution is 5.26. The molecule has 66 valence electrons. The minimum Gasteiger partial charge on any atom is -0.0621 e. The number of aromatic nitrogens is 5. The quantitative estimate of drug-likeness (QED) is 0.604. The van der Waals surface area contributed by atoms with E-state index in [1.54, 1.807) is 9.59 Å². The molecule has 0 bridgehead atoms. The molecule has 2 aromatic rings. The van der Waals surface area contributed by atoms with Gasteiger partial charge in [-0.15, -0.1) is 0 Å². The molecule has 0 radical (unpaired) electrons. The number of benzene rings is 1.